The van der Waals surface area contributed by atoms with E-state index in [4.69, 9.17) is 37.2 Å². The van der Waals surface area contributed by atoms with Gasteiger partial charge in [-0.05, 0) is 68.9 Å². The Bertz CT molecular complexity index is 1400. The average molecular weight is 569 g/mol. The first-order chi connectivity index (χ1) is 18.8. The molecule has 39 heavy (non-hydrogen) atoms. The fourth-order valence-electron chi connectivity index (χ4n) is 6.08. The third-order valence-corrected chi connectivity index (χ3v) is 9.34. The van der Waals surface area contributed by atoms with Crippen molar-refractivity contribution in [2.45, 2.75) is 57.3 Å². The molecule has 4 fully saturated rings. The van der Waals surface area contributed by atoms with Crippen molar-refractivity contribution in [1.82, 2.24) is 10.1 Å². The minimum Gasteiger partial charge on any atom is -0.497 e. The Labute approximate surface area is 237 Å². The SMILES string of the molecule is COc1cc(OCC23CCC(C=Cc4c(-c5c(Cl)cncc5Cl)noc4C4CC4)(CC2)CC3)cc(C(=O)O)c1. The highest BCUT2D eigenvalue weighted by atomic mass is 35.5. The number of fused-ring (bicyclic) bond motifs is 3. The molecular weight excluding hydrogens is 539 g/mol. The van der Waals surface area contributed by atoms with Gasteiger partial charge in [0.05, 0.1) is 29.3 Å². The average Bonchev–Trinajstić information content (AvgIpc) is 3.71. The van der Waals surface area contributed by atoms with Gasteiger partial charge in [-0.1, -0.05) is 40.5 Å². The molecule has 3 aromatic rings. The van der Waals surface area contributed by atoms with Gasteiger partial charge in [0, 0.05) is 40.9 Å². The van der Waals surface area contributed by atoms with E-state index in [0.29, 0.717) is 45.3 Å². The first-order valence-corrected chi connectivity index (χ1v) is 14.1. The maximum absolute atomic E-state index is 11.5. The maximum atomic E-state index is 11.5. The zero-order chi connectivity index (χ0) is 27.2. The third-order valence-electron chi connectivity index (χ3n) is 8.77. The molecule has 0 radical (unpaired) electrons. The summed E-state index contributed by atoms with van der Waals surface area (Å²) in [6.07, 6.45) is 16.3. The summed E-state index contributed by atoms with van der Waals surface area (Å²) in [5.74, 6) is 1.31. The van der Waals surface area contributed by atoms with Gasteiger partial charge in [0.15, 0.2) is 0 Å². The topological polar surface area (TPSA) is 94.7 Å². The van der Waals surface area contributed by atoms with Crippen LogP contribution in [0.3, 0.4) is 0 Å². The fourth-order valence-corrected chi connectivity index (χ4v) is 6.62. The van der Waals surface area contributed by atoms with E-state index in [2.05, 4.69) is 22.3 Å². The number of hydrogen-bond donors (Lipinski definition) is 1. The summed E-state index contributed by atoms with van der Waals surface area (Å²) in [5.41, 5.74) is 2.69. The number of allylic oxidation sites excluding steroid dienone is 1. The molecule has 0 spiro atoms. The number of aromatic nitrogens is 2. The maximum Gasteiger partial charge on any atom is 0.335 e. The molecule has 0 unspecified atom stereocenters. The Morgan fingerprint density at radius 3 is 2.36 bits per heavy atom. The lowest BCUT2D eigenvalue weighted by Gasteiger charge is -2.52. The Kier molecular flexibility index (Phi) is 6.84. The van der Waals surface area contributed by atoms with Crippen molar-refractivity contribution < 1.29 is 23.9 Å². The van der Waals surface area contributed by atoms with Gasteiger partial charge in [-0.3, -0.25) is 4.98 Å². The van der Waals surface area contributed by atoms with Crippen molar-refractivity contribution in [2.75, 3.05) is 13.7 Å². The highest BCUT2D eigenvalue weighted by Gasteiger charge is 2.48. The summed E-state index contributed by atoms with van der Waals surface area (Å²) >= 11 is 13.0. The van der Waals surface area contributed by atoms with Gasteiger partial charge in [0.2, 0.25) is 0 Å². The van der Waals surface area contributed by atoms with E-state index >= 15 is 0 Å². The van der Waals surface area contributed by atoms with Crippen molar-refractivity contribution in [3.63, 3.8) is 0 Å². The van der Waals surface area contributed by atoms with Crippen molar-refractivity contribution in [2.24, 2.45) is 10.8 Å². The van der Waals surface area contributed by atoms with Crippen molar-refractivity contribution in [1.29, 1.82) is 0 Å². The Morgan fingerprint density at radius 1 is 1.08 bits per heavy atom. The van der Waals surface area contributed by atoms with E-state index in [9.17, 15) is 9.90 Å². The number of benzene rings is 1. The van der Waals surface area contributed by atoms with Gasteiger partial charge in [0.1, 0.15) is 23.0 Å². The number of halogens is 2. The van der Waals surface area contributed by atoms with Crippen molar-refractivity contribution >= 4 is 35.2 Å². The number of aromatic carboxylic acids is 1. The number of rotatable bonds is 9. The van der Waals surface area contributed by atoms with Crippen LogP contribution < -0.4 is 9.47 Å². The molecule has 7 nitrogen and oxygen atoms in total. The number of hydrogen-bond acceptors (Lipinski definition) is 6. The van der Waals surface area contributed by atoms with Gasteiger partial charge in [-0.2, -0.15) is 0 Å². The molecule has 1 N–H and O–H groups in total. The largest absolute Gasteiger partial charge is 0.497 e. The van der Waals surface area contributed by atoms with Crippen molar-refractivity contribution in [3.8, 4) is 22.8 Å². The lowest BCUT2D eigenvalue weighted by molar-refractivity contribution is -0.0123. The van der Waals surface area contributed by atoms with Crippen LogP contribution in [-0.4, -0.2) is 34.9 Å². The quantitative estimate of drug-likeness (QED) is 0.279. The molecule has 204 valence electrons. The molecule has 9 heteroatoms. The van der Waals surface area contributed by atoms with Gasteiger partial charge in [-0.15, -0.1) is 0 Å². The van der Waals surface area contributed by atoms with E-state index < -0.39 is 5.97 Å². The second-order valence-corrected chi connectivity index (χ2v) is 12.1. The summed E-state index contributed by atoms with van der Waals surface area (Å²) < 4.78 is 17.3. The fraction of sp³-hybridized carbons (Fsp3) is 0.433. The van der Waals surface area contributed by atoms with Gasteiger partial charge < -0.3 is 19.1 Å². The Morgan fingerprint density at radius 2 is 1.74 bits per heavy atom. The van der Waals surface area contributed by atoms with Gasteiger partial charge in [0.25, 0.3) is 0 Å². The van der Waals surface area contributed by atoms with Crippen LogP contribution in [0.4, 0.5) is 0 Å². The summed E-state index contributed by atoms with van der Waals surface area (Å²) in [5, 5.41) is 14.7. The summed E-state index contributed by atoms with van der Waals surface area (Å²) in [6.45, 7) is 0.569. The van der Waals surface area contributed by atoms with Crippen LogP contribution in [0.25, 0.3) is 17.3 Å². The molecule has 2 aromatic heterocycles. The number of pyridine rings is 1. The monoisotopic (exact) mass is 568 g/mol. The van der Waals surface area contributed by atoms with E-state index in [1.807, 2.05) is 0 Å². The molecule has 4 aliphatic carbocycles. The van der Waals surface area contributed by atoms with E-state index in [0.717, 1.165) is 62.7 Å². The molecule has 0 aliphatic heterocycles. The first-order valence-electron chi connectivity index (χ1n) is 13.3. The minimum atomic E-state index is -1.00. The second kappa shape index (κ2) is 10.2. The Hall–Kier alpha value is -3.03. The third kappa shape index (κ3) is 5.14. The first kappa shape index (κ1) is 26.2. The van der Waals surface area contributed by atoms with Crippen LogP contribution >= 0.6 is 23.2 Å². The van der Waals surface area contributed by atoms with E-state index in [-0.39, 0.29) is 16.4 Å². The molecule has 4 saturated carbocycles. The van der Waals surface area contributed by atoms with E-state index in [1.165, 1.54) is 13.2 Å². The molecule has 0 saturated heterocycles. The lowest BCUT2D eigenvalue weighted by atomic mass is 9.54. The molecular formula is C30H30Cl2N2O5. The molecule has 1 aromatic carbocycles. The molecule has 4 aliphatic rings. The number of methoxy groups -OCH3 is 1. The summed E-state index contributed by atoms with van der Waals surface area (Å²) in [4.78, 5) is 15.6. The Balaban J connectivity index is 1.18. The zero-order valence-corrected chi connectivity index (χ0v) is 23.2. The van der Waals surface area contributed by atoms with Crippen LogP contribution in [0.1, 0.15) is 79.0 Å². The molecule has 0 atom stereocenters. The standard InChI is InChI=1S/C30H30Cl2N2O5/c1-37-20-12-19(28(35)36)13-21(14-20)38-17-30-9-6-29(7-10-30,8-11-30)5-4-22-26(34-39-27(22)18-2-3-18)25-23(31)15-33-16-24(25)32/h4-5,12-16,18H,2-3,6-11,17H2,1H3,(H,35,36). The van der Waals surface area contributed by atoms with Crippen LogP contribution in [0.5, 0.6) is 11.5 Å². The summed E-state index contributed by atoms with van der Waals surface area (Å²) in [6, 6.07) is 4.81. The number of nitrogens with zero attached hydrogens (tertiary/aromatic N) is 2. The molecule has 2 heterocycles. The van der Waals surface area contributed by atoms with E-state index in [1.54, 1.807) is 24.5 Å². The predicted octanol–water partition coefficient (Wildman–Crippen LogP) is 8.06. The number of ether oxygens (including phenoxy) is 2. The normalized spacial score (nSPS) is 24.3. The van der Waals surface area contributed by atoms with Crippen LogP contribution in [0.15, 0.2) is 41.2 Å². The highest BCUT2D eigenvalue weighted by molar-refractivity contribution is 6.39. The minimum absolute atomic E-state index is 0.0989. The van der Waals surface area contributed by atoms with Crippen LogP contribution in [0, 0.1) is 10.8 Å². The molecule has 7 rings (SSSR count). The number of carboxylic acid groups (broad SMARTS) is 1. The van der Waals surface area contributed by atoms with Gasteiger partial charge in [-0.25, -0.2) is 4.79 Å². The lowest BCUT2D eigenvalue weighted by Crippen LogP contribution is -2.43. The predicted molar refractivity (Wildman–Crippen MR) is 149 cm³/mol. The number of carboxylic acids is 1. The highest BCUT2D eigenvalue weighted by Crippen LogP contribution is 2.58. The second-order valence-electron chi connectivity index (χ2n) is 11.2. The number of carbonyl (C=O) groups is 1. The van der Waals surface area contributed by atoms with Crippen LogP contribution in [0.2, 0.25) is 10.0 Å². The molecule has 2 bridgehead atoms. The zero-order valence-electron chi connectivity index (χ0n) is 21.7. The summed E-state index contributed by atoms with van der Waals surface area (Å²) in [7, 11) is 1.52. The van der Waals surface area contributed by atoms with Gasteiger partial charge >= 0.3 is 5.97 Å². The molecule has 0 amide bonds. The van der Waals surface area contributed by atoms with Crippen molar-refractivity contribution in [3.05, 3.63) is 63.6 Å². The smallest absolute Gasteiger partial charge is 0.335 e. The van der Waals surface area contributed by atoms with Crippen LogP contribution in [-0.2, 0) is 0 Å².